The normalized spacial score (nSPS) is 18.8. The van der Waals surface area contributed by atoms with E-state index in [1.54, 1.807) is 12.0 Å². The van der Waals surface area contributed by atoms with E-state index in [1.807, 2.05) is 75.5 Å². The largest absolute Gasteiger partial charge is 0.497 e. The van der Waals surface area contributed by atoms with Crippen LogP contribution in [0.3, 0.4) is 0 Å². The molecule has 1 amide bonds. The number of anilines is 1. The van der Waals surface area contributed by atoms with Gasteiger partial charge < -0.3 is 14.6 Å². The van der Waals surface area contributed by atoms with Crippen LogP contribution in [0.15, 0.2) is 64.8 Å². The Labute approximate surface area is 199 Å². The van der Waals surface area contributed by atoms with E-state index in [2.05, 4.69) is 15.9 Å². The number of methoxy groups -OCH3 is 1. The van der Waals surface area contributed by atoms with Crippen LogP contribution in [0.25, 0.3) is 0 Å². The zero-order chi connectivity index (χ0) is 23.3. The first-order valence-electron chi connectivity index (χ1n) is 11.0. The van der Waals surface area contributed by atoms with E-state index >= 15 is 0 Å². The molecule has 1 aliphatic carbocycles. The highest BCUT2D eigenvalue weighted by Gasteiger charge is 2.30. The summed E-state index contributed by atoms with van der Waals surface area (Å²) in [5, 5.41) is 11.2. The molecular weight excluding hydrogens is 470 g/mol. The maximum atomic E-state index is 13.1. The van der Waals surface area contributed by atoms with Gasteiger partial charge in [-0.3, -0.25) is 4.90 Å². The third kappa shape index (κ3) is 6.36. The first-order valence-corrected chi connectivity index (χ1v) is 11.8. The summed E-state index contributed by atoms with van der Waals surface area (Å²) in [6.07, 6.45) is 4.55. The maximum absolute atomic E-state index is 13.1. The molecule has 6 heteroatoms. The monoisotopic (exact) mass is 501 g/mol. The van der Waals surface area contributed by atoms with Crippen LogP contribution in [-0.4, -0.2) is 23.9 Å². The van der Waals surface area contributed by atoms with Crippen molar-refractivity contribution in [3.05, 3.63) is 70.3 Å². The number of aliphatic hydroxyl groups is 1. The topological polar surface area (TPSA) is 59.0 Å². The Bertz CT molecular complexity index is 932. The van der Waals surface area contributed by atoms with Crippen LogP contribution < -0.4 is 9.64 Å². The first kappa shape index (κ1) is 24.3. The summed E-state index contributed by atoms with van der Waals surface area (Å²) in [6, 6.07) is 15.1. The van der Waals surface area contributed by atoms with E-state index in [0.717, 1.165) is 41.3 Å². The Morgan fingerprint density at radius 2 is 1.78 bits per heavy atom. The van der Waals surface area contributed by atoms with Gasteiger partial charge in [0, 0.05) is 16.6 Å². The fourth-order valence-electron chi connectivity index (χ4n) is 3.93. The van der Waals surface area contributed by atoms with Crippen LogP contribution in [0.4, 0.5) is 10.5 Å². The molecule has 5 nitrogen and oxygen atoms in total. The molecule has 0 aromatic heterocycles. The maximum Gasteiger partial charge on any atom is 0.418 e. The van der Waals surface area contributed by atoms with Gasteiger partial charge in [-0.2, -0.15) is 0 Å². The van der Waals surface area contributed by atoms with Gasteiger partial charge in [-0.1, -0.05) is 34.5 Å². The highest BCUT2D eigenvalue weighted by Crippen LogP contribution is 2.39. The average Bonchev–Trinajstić information content (AvgIpc) is 2.76. The van der Waals surface area contributed by atoms with Crippen molar-refractivity contribution in [1.29, 1.82) is 0 Å². The number of ether oxygens (including phenoxy) is 2. The van der Waals surface area contributed by atoms with Gasteiger partial charge >= 0.3 is 6.09 Å². The molecule has 1 N–H and O–H groups in total. The minimum atomic E-state index is -0.633. The Morgan fingerprint density at radius 3 is 2.38 bits per heavy atom. The zero-order valence-electron chi connectivity index (χ0n) is 19.2. The van der Waals surface area contributed by atoms with Crippen molar-refractivity contribution >= 4 is 27.7 Å². The van der Waals surface area contributed by atoms with Crippen LogP contribution in [0.1, 0.15) is 58.1 Å². The van der Waals surface area contributed by atoms with Crippen LogP contribution >= 0.6 is 15.9 Å². The number of nitrogens with zero attached hydrogens (tertiary/aromatic N) is 1. The number of halogens is 1. The van der Waals surface area contributed by atoms with Gasteiger partial charge in [0.1, 0.15) is 11.4 Å². The molecule has 0 saturated heterocycles. The molecule has 0 spiro atoms. The van der Waals surface area contributed by atoms with Crippen LogP contribution in [-0.2, 0) is 4.74 Å². The first-order chi connectivity index (χ1) is 15.2. The Morgan fingerprint density at radius 1 is 1.12 bits per heavy atom. The lowest BCUT2D eigenvalue weighted by molar-refractivity contribution is 0.0594. The van der Waals surface area contributed by atoms with E-state index < -0.39 is 17.8 Å². The molecule has 32 heavy (non-hydrogen) atoms. The second-order valence-corrected chi connectivity index (χ2v) is 10.0. The SMILES string of the molecule is COc1ccc(N(/C=C2/CCCC[C@@H]2[C@@H](O)c2ccc(Br)cc2)C(=O)OC(C)(C)C)cc1. The third-order valence-corrected chi connectivity index (χ3v) is 6.06. The Balaban J connectivity index is 1.96. The molecule has 0 unspecified atom stereocenters. The van der Waals surface area contributed by atoms with Crippen LogP contribution in [0, 0.1) is 5.92 Å². The molecule has 2 atom stereocenters. The molecular formula is C26H32BrNO4. The lowest BCUT2D eigenvalue weighted by atomic mass is 9.79. The summed E-state index contributed by atoms with van der Waals surface area (Å²) in [4.78, 5) is 14.7. The van der Waals surface area contributed by atoms with Crippen molar-refractivity contribution in [2.45, 2.75) is 58.2 Å². The third-order valence-electron chi connectivity index (χ3n) is 5.54. The fraction of sp³-hybridized carbons (Fsp3) is 0.423. The molecule has 1 aliphatic rings. The van der Waals surface area contributed by atoms with E-state index in [4.69, 9.17) is 9.47 Å². The molecule has 0 aliphatic heterocycles. The van der Waals surface area contributed by atoms with Gasteiger partial charge in [0.05, 0.1) is 18.9 Å². The minimum absolute atomic E-state index is 0.0619. The van der Waals surface area contributed by atoms with Crippen molar-refractivity contribution in [3.63, 3.8) is 0 Å². The lowest BCUT2D eigenvalue weighted by Crippen LogP contribution is -2.34. The Hall–Kier alpha value is -2.31. The number of carbonyl (C=O) groups excluding carboxylic acids is 1. The molecule has 0 radical (unpaired) electrons. The number of benzene rings is 2. The fourth-order valence-corrected chi connectivity index (χ4v) is 4.19. The molecule has 1 fully saturated rings. The predicted octanol–water partition coefficient (Wildman–Crippen LogP) is 7.01. The van der Waals surface area contributed by atoms with Gasteiger partial charge in [-0.05, 0) is 87.6 Å². The molecule has 172 valence electrons. The van der Waals surface area contributed by atoms with E-state index in [0.29, 0.717) is 11.4 Å². The highest BCUT2D eigenvalue weighted by atomic mass is 79.9. The summed E-state index contributed by atoms with van der Waals surface area (Å²) in [5.74, 6) is 0.653. The van der Waals surface area contributed by atoms with Crippen molar-refractivity contribution in [2.75, 3.05) is 12.0 Å². The van der Waals surface area contributed by atoms with Crippen molar-refractivity contribution < 1.29 is 19.4 Å². The average molecular weight is 502 g/mol. The molecule has 3 rings (SSSR count). The van der Waals surface area contributed by atoms with Crippen LogP contribution in [0.2, 0.25) is 0 Å². The lowest BCUT2D eigenvalue weighted by Gasteiger charge is -2.32. The number of rotatable bonds is 5. The quantitative estimate of drug-likeness (QED) is 0.478. The van der Waals surface area contributed by atoms with Gasteiger partial charge in [0.2, 0.25) is 0 Å². The van der Waals surface area contributed by atoms with Gasteiger partial charge in [0.25, 0.3) is 0 Å². The highest BCUT2D eigenvalue weighted by molar-refractivity contribution is 9.10. The zero-order valence-corrected chi connectivity index (χ0v) is 20.8. The summed E-state index contributed by atoms with van der Waals surface area (Å²) < 4.78 is 11.9. The smallest absolute Gasteiger partial charge is 0.418 e. The summed E-state index contributed by atoms with van der Waals surface area (Å²) in [7, 11) is 1.61. The second-order valence-electron chi connectivity index (χ2n) is 9.10. The van der Waals surface area contributed by atoms with Gasteiger partial charge in [-0.25, -0.2) is 4.79 Å². The molecule has 0 bridgehead atoms. The van der Waals surface area contributed by atoms with Crippen molar-refractivity contribution in [1.82, 2.24) is 0 Å². The molecule has 1 saturated carbocycles. The summed E-state index contributed by atoms with van der Waals surface area (Å²) >= 11 is 3.45. The number of amides is 1. The van der Waals surface area contributed by atoms with Crippen LogP contribution in [0.5, 0.6) is 5.75 Å². The van der Waals surface area contributed by atoms with Crippen molar-refractivity contribution in [3.8, 4) is 5.75 Å². The predicted molar refractivity (Wildman–Crippen MR) is 131 cm³/mol. The molecule has 0 heterocycles. The van der Waals surface area contributed by atoms with Gasteiger partial charge in [-0.15, -0.1) is 0 Å². The van der Waals surface area contributed by atoms with E-state index in [-0.39, 0.29) is 5.92 Å². The Kier molecular flexibility index (Phi) is 8.01. The van der Waals surface area contributed by atoms with E-state index in [9.17, 15) is 9.90 Å². The molecule has 2 aromatic carbocycles. The minimum Gasteiger partial charge on any atom is -0.497 e. The summed E-state index contributed by atoms with van der Waals surface area (Å²) in [6.45, 7) is 5.56. The van der Waals surface area contributed by atoms with Gasteiger partial charge in [0.15, 0.2) is 0 Å². The number of hydrogen-bond acceptors (Lipinski definition) is 4. The van der Waals surface area contributed by atoms with Crippen molar-refractivity contribution in [2.24, 2.45) is 5.92 Å². The van der Waals surface area contributed by atoms with E-state index in [1.165, 1.54) is 0 Å². The second kappa shape index (κ2) is 10.5. The number of carbonyl (C=O) groups is 1. The summed E-state index contributed by atoms with van der Waals surface area (Å²) in [5.41, 5.74) is 1.99. The number of aliphatic hydroxyl groups excluding tert-OH is 1. The molecule has 2 aromatic rings. The standard InChI is InChI=1S/C26H32BrNO4/c1-26(2,3)32-25(30)28(21-13-15-22(31-4)16-14-21)17-19-7-5-6-8-23(19)24(29)18-9-11-20(27)12-10-18/h9-17,23-24,29H,5-8H2,1-4H3/b19-17-/t23-,24-/m0/s1. The number of hydrogen-bond donors (Lipinski definition) is 1.